The van der Waals surface area contributed by atoms with Gasteiger partial charge in [-0.1, -0.05) is 18.9 Å². The van der Waals surface area contributed by atoms with Crippen LogP contribution in [0.1, 0.15) is 44.1 Å². The lowest BCUT2D eigenvalue weighted by molar-refractivity contribution is -0.161. The van der Waals surface area contributed by atoms with E-state index in [4.69, 9.17) is 0 Å². The van der Waals surface area contributed by atoms with Crippen molar-refractivity contribution in [3.63, 3.8) is 0 Å². The predicted molar refractivity (Wildman–Crippen MR) is 105 cm³/mol. The fourth-order valence-corrected chi connectivity index (χ4v) is 4.78. The van der Waals surface area contributed by atoms with Crippen molar-refractivity contribution >= 4 is 11.8 Å². The maximum atomic E-state index is 13.6. The number of carbonyl (C=O) groups is 2. The fourth-order valence-electron chi connectivity index (χ4n) is 4.78. The first kappa shape index (κ1) is 19.8. The molecule has 1 aliphatic heterocycles. The van der Waals surface area contributed by atoms with Crippen LogP contribution in [-0.2, 0) is 16.1 Å². The molecule has 1 saturated heterocycles. The molecule has 148 valence electrons. The van der Waals surface area contributed by atoms with Crippen molar-refractivity contribution in [1.82, 2.24) is 19.7 Å². The summed E-state index contributed by atoms with van der Waals surface area (Å²) in [5.41, 5.74) is 0.614. The number of carbonyl (C=O) groups excluding carboxylic acids is 2. The maximum absolute atomic E-state index is 13.6. The van der Waals surface area contributed by atoms with Gasteiger partial charge < -0.3 is 14.7 Å². The summed E-state index contributed by atoms with van der Waals surface area (Å²) < 4.78 is 0. The van der Waals surface area contributed by atoms with Crippen LogP contribution in [0, 0.1) is 5.41 Å². The lowest BCUT2D eigenvalue weighted by Crippen LogP contribution is -2.62. The quantitative estimate of drug-likeness (QED) is 0.768. The van der Waals surface area contributed by atoms with Gasteiger partial charge in [0.05, 0.1) is 5.41 Å². The molecule has 2 atom stereocenters. The number of likely N-dealkylation sites (N-methyl/N-ethyl adjacent to an activating group) is 1. The van der Waals surface area contributed by atoms with Gasteiger partial charge in [-0.3, -0.25) is 14.6 Å². The Bertz CT molecular complexity index is 663. The van der Waals surface area contributed by atoms with E-state index >= 15 is 0 Å². The Morgan fingerprint density at radius 3 is 2.81 bits per heavy atom. The van der Waals surface area contributed by atoms with Gasteiger partial charge in [-0.05, 0) is 45.0 Å². The van der Waals surface area contributed by atoms with Gasteiger partial charge in [0.25, 0.3) is 0 Å². The minimum absolute atomic E-state index is 0.0382. The van der Waals surface area contributed by atoms with E-state index in [0.717, 1.165) is 37.8 Å². The summed E-state index contributed by atoms with van der Waals surface area (Å²) in [6.07, 6.45) is 8.72. The fraction of sp³-hybridized carbons (Fsp3) is 0.667. The Balaban J connectivity index is 1.81. The third-order valence-corrected chi connectivity index (χ3v) is 6.17. The molecule has 6 heteroatoms. The third-order valence-electron chi connectivity index (χ3n) is 6.17. The van der Waals surface area contributed by atoms with Crippen molar-refractivity contribution in [3.05, 3.63) is 30.1 Å². The standard InChI is InChI=1S/C21H32N4O2/c1-23(2)13-14-25-18-8-4-5-10-21(18,11-9-19(25)26)20(27)24(3)16-17-7-6-12-22-15-17/h6-7,12,15,18H,4-5,8-11,13-14,16H2,1-3H3/t18-,21-/m1/s1. The van der Waals surface area contributed by atoms with Gasteiger partial charge in [0.1, 0.15) is 0 Å². The number of hydrogen-bond acceptors (Lipinski definition) is 4. The van der Waals surface area contributed by atoms with Crippen LogP contribution < -0.4 is 0 Å². The molecule has 27 heavy (non-hydrogen) atoms. The van der Waals surface area contributed by atoms with E-state index in [1.165, 1.54) is 0 Å². The summed E-state index contributed by atoms with van der Waals surface area (Å²) in [4.78, 5) is 36.4. The van der Waals surface area contributed by atoms with Gasteiger partial charge in [0, 0.05) is 51.5 Å². The third kappa shape index (κ3) is 4.15. The number of pyridine rings is 1. The zero-order valence-electron chi connectivity index (χ0n) is 16.9. The second-order valence-electron chi connectivity index (χ2n) is 8.33. The second-order valence-corrected chi connectivity index (χ2v) is 8.33. The molecule has 1 saturated carbocycles. The first-order chi connectivity index (χ1) is 12.9. The van der Waals surface area contributed by atoms with E-state index < -0.39 is 5.41 Å². The summed E-state index contributed by atoms with van der Waals surface area (Å²) in [7, 11) is 5.93. The van der Waals surface area contributed by atoms with Crippen LogP contribution >= 0.6 is 0 Å². The highest BCUT2D eigenvalue weighted by Crippen LogP contribution is 2.47. The molecule has 2 fully saturated rings. The van der Waals surface area contributed by atoms with Crippen molar-refractivity contribution in [2.75, 3.05) is 34.2 Å². The molecular formula is C21H32N4O2. The van der Waals surface area contributed by atoms with Crippen molar-refractivity contribution in [2.24, 2.45) is 5.41 Å². The van der Waals surface area contributed by atoms with Crippen molar-refractivity contribution in [2.45, 2.75) is 51.1 Å². The first-order valence-electron chi connectivity index (χ1n) is 10.0. The average molecular weight is 373 g/mol. The molecule has 0 bridgehead atoms. The highest BCUT2D eigenvalue weighted by Gasteiger charge is 2.53. The molecule has 0 unspecified atom stereocenters. The van der Waals surface area contributed by atoms with Gasteiger partial charge >= 0.3 is 0 Å². The number of aromatic nitrogens is 1. The summed E-state index contributed by atoms with van der Waals surface area (Å²) in [5, 5.41) is 0. The van der Waals surface area contributed by atoms with Crippen LogP contribution in [-0.4, -0.2) is 71.8 Å². The molecule has 2 amide bonds. The number of rotatable bonds is 6. The molecule has 0 N–H and O–H groups in total. The highest BCUT2D eigenvalue weighted by atomic mass is 16.2. The van der Waals surface area contributed by atoms with E-state index in [9.17, 15) is 9.59 Å². The Hall–Kier alpha value is -1.95. The van der Waals surface area contributed by atoms with Gasteiger partial charge in [-0.2, -0.15) is 0 Å². The van der Waals surface area contributed by atoms with E-state index in [2.05, 4.69) is 9.88 Å². The molecule has 1 aromatic rings. The van der Waals surface area contributed by atoms with Crippen molar-refractivity contribution in [1.29, 1.82) is 0 Å². The molecule has 2 aliphatic rings. The van der Waals surface area contributed by atoms with E-state index in [0.29, 0.717) is 25.9 Å². The number of likely N-dealkylation sites (tertiary alicyclic amines) is 1. The Labute approximate surface area is 162 Å². The molecule has 3 rings (SSSR count). The second kappa shape index (κ2) is 8.38. The Morgan fingerprint density at radius 1 is 1.30 bits per heavy atom. The normalized spacial score (nSPS) is 25.4. The number of fused-ring (bicyclic) bond motifs is 1. The minimum atomic E-state index is -0.421. The lowest BCUT2D eigenvalue weighted by atomic mass is 9.64. The number of nitrogens with zero attached hydrogens (tertiary/aromatic N) is 4. The van der Waals surface area contributed by atoms with E-state index in [1.54, 1.807) is 6.20 Å². The van der Waals surface area contributed by atoms with E-state index in [-0.39, 0.29) is 17.9 Å². The van der Waals surface area contributed by atoms with Gasteiger partial charge in [0.15, 0.2) is 0 Å². The highest BCUT2D eigenvalue weighted by molar-refractivity contribution is 5.88. The lowest BCUT2D eigenvalue weighted by Gasteiger charge is -2.52. The molecule has 1 aromatic heterocycles. The van der Waals surface area contributed by atoms with Gasteiger partial charge in [0.2, 0.25) is 11.8 Å². The minimum Gasteiger partial charge on any atom is -0.341 e. The average Bonchev–Trinajstić information content (AvgIpc) is 2.67. The maximum Gasteiger partial charge on any atom is 0.230 e. The summed E-state index contributed by atoms with van der Waals surface area (Å²) in [6, 6.07) is 3.94. The molecule has 6 nitrogen and oxygen atoms in total. The smallest absolute Gasteiger partial charge is 0.230 e. The molecule has 1 aliphatic carbocycles. The SMILES string of the molecule is CN(C)CCN1C(=O)CC[C@]2(C(=O)N(C)Cc3cccnc3)CCCC[C@@H]12. The number of piperidine rings is 1. The van der Waals surface area contributed by atoms with Crippen LogP contribution in [0.25, 0.3) is 0 Å². The predicted octanol–water partition coefficient (Wildman–Crippen LogP) is 2.15. The molecular weight excluding hydrogens is 340 g/mol. The summed E-state index contributed by atoms with van der Waals surface area (Å²) in [5.74, 6) is 0.403. The summed E-state index contributed by atoms with van der Waals surface area (Å²) in [6.45, 7) is 2.10. The molecule has 0 radical (unpaired) electrons. The zero-order chi connectivity index (χ0) is 19.4. The van der Waals surface area contributed by atoms with Crippen LogP contribution in [0.15, 0.2) is 24.5 Å². The number of amides is 2. The monoisotopic (exact) mass is 372 g/mol. The topological polar surface area (TPSA) is 56.8 Å². The number of hydrogen-bond donors (Lipinski definition) is 0. The van der Waals surface area contributed by atoms with Gasteiger partial charge in [-0.25, -0.2) is 0 Å². The van der Waals surface area contributed by atoms with Crippen molar-refractivity contribution < 1.29 is 9.59 Å². The largest absolute Gasteiger partial charge is 0.341 e. The van der Waals surface area contributed by atoms with Crippen LogP contribution in [0.4, 0.5) is 0 Å². The molecule has 0 aromatic carbocycles. The molecule has 0 spiro atoms. The Kier molecular flexibility index (Phi) is 6.15. The van der Waals surface area contributed by atoms with Crippen LogP contribution in [0.5, 0.6) is 0 Å². The zero-order valence-corrected chi connectivity index (χ0v) is 16.9. The van der Waals surface area contributed by atoms with Crippen LogP contribution in [0.2, 0.25) is 0 Å². The first-order valence-corrected chi connectivity index (χ1v) is 10.0. The Morgan fingerprint density at radius 2 is 2.11 bits per heavy atom. The van der Waals surface area contributed by atoms with Crippen LogP contribution in [0.3, 0.4) is 0 Å². The van der Waals surface area contributed by atoms with Crippen molar-refractivity contribution in [3.8, 4) is 0 Å². The molecule has 2 heterocycles. The van der Waals surface area contributed by atoms with E-state index in [1.807, 2.05) is 49.3 Å². The van der Waals surface area contributed by atoms with Gasteiger partial charge in [-0.15, -0.1) is 0 Å². The summed E-state index contributed by atoms with van der Waals surface area (Å²) >= 11 is 0.